The molecule has 0 aromatic heterocycles. The second-order valence-electron chi connectivity index (χ2n) is 3.10. The van der Waals surface area contributed by atoms with Crippen LogP contribution in [0.25, 0.3) is 4.48 Å². The summed E-state index contributed by atoms with van der Waals surface area (Å²) >= 11 is 13.0. The number of benzene rings is 1. The molecule has 0 amide bonds. The predicted octanol–water partition coefficient (Wildman–Crippen LogP) is 4.44. The summed E-state index contributed by atoms with van der Waals surface area (Å²) in [6.07, 6.45) is 0. The van der Waals surface area contributed by atoms with Gasteiger partial charge in [-0.05, 0) is 59.9 Å². The maximum atomic E-state index is 11.8. The van der Waals surface area contributed by atoms with E-state index in [-0.39, 0.29) is 4.48 Å². The van der Waals surface area contributed by atoms with Crippen LogP contribution in [0, 0.1) is 0 Å². The number of hydrogen-bond donors (Lipinski definition) is 0. The largest absolute Gasteiger partial charge is 0.285 e. The van der Waals surface area contributed by atoms with Crippen LogP contribution < -0.4 is 0 Å². The minimum absolute atomic E-state index is 0.259. The highest BCUT2D eigenvalue weighted by Crippen LogP contribution is 2.40. The third kappa shape index (κ3) is 1.89. The standard InChI is InChI=1S/C10H2Br4O2/c11-3-1-4-6(5(12)2-3)9(15)10(16)8(14)7(4)13/h1-2H. The lowest BCUT2D eigenvalue weighted by molar-refractivity contribution is -0.111. The van der Waals surface area contributed by atoms with Crippen LogP contribution in [-0.2, 0) is 4.79 Å². The minimum Gasteiger partial charge on any atom is -0.285 e. The fourth-order valence-corrected chi connectivity index (χ4v) is 3.70. The summed E-state index contributed by atoms with van der Waals surface area (Å²) in [5, 5.41) is 0. The summed E-state index contributed by atoms with van der Waals surface area (Å²) in [7, 11) is 0. The lowest BCUT2D eigenvalue weighted by atomic mass is 9.95. The number of fused-ring (bicyclic) bond motifs is 1. The van der Waals surface area contributed by atoms with Crippen molar-refractivity contribution in [1.29, 1.82) is 0 Å². The first kappa shape index (κ1) is 12.7. The maximum absolute atomic E-state index is 11.8. The molecule has 1 aromatic carbocycles. The third-order valence-electron chi connectivity index (χ3n) is 2.12. The van der Waals surface area contributed by atoms with Crippen molar-refractivity contribution in [3.05, 3.63) is 36.7 Å². The van der Waals surface area contributed by atoms with E-state index < -0.39 is 11.6 Å². The Bertz CT molecular complexity index is 560. The van der Waals surface area contributed by atoms with Gasteiger partial charge < -0.3 is 0 Å². The average molecular weight is 474 g/mol. The number of ketones is 2. The zero-order valence-corrected chi connectivity index (χ0v) is 13.8. The smallest absolute Gasteiger partial charge is 0.241 e. The van der Waals surface area contributed by atoms with Gasteiger partial charge >= 0.3 is 0 Å². The Hall–Kier alpha value is 0.220. The van der Waals surface area contributed by atoms with Crippen LogP contribution in [0.5, 0.6) is 0 Å². The van der Waals surface area contributed by atoms with Crippen LogP contribution in [-0.4, -0.2) is 11.6 Å². The molecule has 0 fully saturated rings. The molecule has 1 aromatic rings. The van der Waals surface area contributed by atoms with Crippen molar-refractivity contribution in [2.24, 2.45) is 0 Å². The fourth-order valence-electron chi connectivity index (χ4n) is 1.41. The number of hydrogen-bond acceptors (Lipinski definition) is 2. The highest BCUT2D eigenvalue weighted by atomic mass is 79.9. The minimum atomic E-state index is -0.539. The summed E-state index contributed by atoms with van der Waals surface area (Å²) in [4.78, 5) is 23.4. The van der Waals surface area contributed by atoms with E-state index in [0.717, 1.165) is 4.47 Å². The summed E-state index contributed by atoms with van der Waals surface area (Å²) in [6.45, 7) is 0. The van der Waals surface area contributed by atoms with Crippen molar-refractivity contribution < 1.29 is 9.59 Å². The van der Waals surface area contributed by atoms with Gasteiger partial charge in [-0.3, -0.25) is 9.59 Å². The van der Waals surface area contributed by atoms with Crippen LogP contribution in [0.4, 0.5) is 0 Å². The van der Waals surface area contributed by atoms with E-state index in [1.807, 2.05) is 0 Å². The molecule has 2 nitrogen and oxygen atoms in total. The molecule has 0 heterocycles. The van der Waals surface area contributed by atoms with Gasteiger partial charge in [-0.25, -0.2) is 0 Å². The Labute approximate surface area is 125 Å². The first-order valence-corrected chi connectivity index (χ1v) is 7.24. The molecule has 0 radical (unpaired) electrons. The van der Waals surface area contributed by atoms with E-state index >= 15 is 0 Å². The van der Waals surface area contributed by atoms with E-state index in [4.69, 9.17) is 0 Å². The number of allylic oxidation sites excluding steroid dienone is 1. The van der Waals surface area contributed by atoms with Crippen molar-refractivity contribution in [3.63, 3.8) is 0 Å². The Morgan fingerprint density at radius 3 is 2.06 bits per heavy atom. The van der Waals surface area contributed by atoms with Gasteiger partial charge in [-0.1, -0.05) is 15.9 Å². The van der Waals surface area contributed by atoms with Crippen molar-refractivity contribution in [2.75, 3.05) is 0 Å². The SMILES string of the molecule is O=C1C(=O)c2c(Br)cc(Br)cc2C(Br)=C1Br. The van der Waals surface area contributed by atoms with Gasteiger partial charge in [0.1, 0.15) is 0 Å². The van der Waals surface area contributed by atoms with Gasteiger partial charge in [-0.15, -0.1) is 0 Å². The second-order valence-corrected chi connectivity index (χ2v) is 6.45. The lowest BCUT2D eigenvalue weighted by Crippen LogP contribution is -2.21. The maximum Gasteiger partial charge on any atom is 0.241 e. The predicted molar refractivity (Wildman–Crippen MR) is 76.0 cm³/mol. The summed E-state index contributed by atoms with van der Waals surface area (Å²) in [6, 6.07) is 3.53. The van der Waals surface area contributed by atoms with Gasteiger partial charge in [0.05, 0.1) is 4.48 Å². The van der Waals surface area contributed by atoms with E-state index in [1.54, 1.807) is 12.1 Å². The molecular formula is C10H2Br4O2. The molecule has 0 N–H and O–H groups in total. The molecule has 0 saturated heterocycles. The lowest BCUT2D eigenvalue weighted by Gasteiger charge is -2.16. The topological polar surface area (TPSA) is 34.1 Å². The molecule has 2 rings (SSSR count). The van der Waals surface area contributed by atoms with Gasteiger partial charge in [0, 0.05) is 24.6 Å². The zero-order chi connectivity index (χ0) is 12.0. The monoisotopic (exact) mass is 470 g/mol. The van der Waals surface area contributed by atoms with Crippen molar-refractivity contribution >= 4 is 79.8 Å². The summed E-state index contributed by atoms with van der Waals surface area (Å²) in [5.74, 6) is -1.05. The zero-order valence-electron chi connectivity index (χ0n) is 7.48. The molecular weight excluding hydrogens is 472 g/mol. The molecule has 0 saturated carbocycles. The second kappa shape index (κ2) is 4.48. The molecule has 16 heavy (non-hydrogen) atoms. The molecule has 0 atom stereocenters. The molecule has 0 spiro atoms. The highest BCUT2D eigenvalue weighted by molar-refractivity contribution is 9.16. The molecule has 1 aliphatic rings. The van der Waals surface area contributed by atoms with E-state index in [9.17, 15) is 9.59 Å². The number of Topliss-reactive ketones (excluding diaryl/α,β-unsaturated/α-hetero) is 2. The van der Waals surface area contributed by atoms with Crippen molar-refractivity contribution in [3.8, 4) is 0 Å². The molecule has 0 aliphatic heterocycles. The first-order chi connectivity index (χ1) is 7.43. The van der Waals surface area contributed by atoms with E-state index in [0.29, 0.717) is 20.1 Å². The molecule has 6 heteroatoms. The highest BCUT2D eigenvalue weighted by Gasteiger charge is 2.32. The van der Waals surface area contributed by atoms with Crippen molar-refractivity contribution in [1.82, 2.24) is 0 Å². The summed E-state index contributed by atoms with van der Waals surface area (Å²) < 4.78 is 2.29. The third-order valence-corrected chi connectivity index (χ3v) is 5.31. The fraction of sp³-hybridized carbons (Fsp3) is 0. The Morgan fingerprint density at radius 1 is 0.812 bits per heavy atom. The number of carbonyl (C=O) groups excluding carboxylic acids is 2. The van der Waals surface area contributed by atoms with Crippen LogP contribution in [0.3, 0.4) is 0 Å². The van der Waals surface area contributed by atoms with E-state index in [2.05, 4.69) is 63.7 Å². The van der Waals surface area contributed by atoms with Gasteiger partial charge in [0.2, 0.25) is 11.6 Å². The normalized spacial score (nSPS) is 15.5. The molecule has 82 valence electrons. The van der Waals surface area contributed by atoms with Gasteiger partial charge in [-0.2, -0.15) is 0 Å². The number of carbonyl (C=O) groups is 2. The molecule has 1 aliphatic carbocycles. The van der Waals surface area contributed by atoms with Crippen LogP contribution in [0.2, 0.25) is 0 Å². The first-order valence-electron chi connectivity index (χ1n) is 4.07. The Balaban J connectivity index is 2.86. The van der Waals surface area contributed by atoms with Crippen LogP contribution in [0.15, 0.2) is 25.6 Å². The number of halogens is 4. The van der Waals surface area contributed by atoms with Crippen molar-refractivity contribution in [2.45, 2.75) is 0 Å². The van der Waals surface area contributed by atoms with Gasteiger partial charge in [0.15, 0.2) is 0 Å². The van der Waals surface area contributed by atoms with Crippen LogP contribution in [0.1, 0.15) is 15.9 Å². The summed E-state index contributed by atoms with van der Waals surface area (Å²) in [5.41, 5.74) is 1.08. The van der Waals surface area contributed by atoms with Gasteiger partial charge in [0.25, 0.3) is 0 Å². The van der Waals surface area contributed by atoms with E-state index in [1.165, 1.54) is 0 Å². The average Bonchev–Trinajstić information content (AvgIpc) is 2.22. The number of rotatable bonds is 0. The Morgan fingerprint density at radius 2 is 1.44 bits per heavy atom. The van der Waals surface area contributed by atoms with Crippen LogP contribution >= 0.6 is 63.7 Å². The Kier molecular flexibility index (Phi) is 3.55. The quantitative estimate of drug-likeness (QED) is 0.522. The molecule has 0 bridgehead atoms. The molecule has 0 unspecified atom stereocenters.